The van der Waals surface area contributed by atoms with Gasteiger partial charge in [0.25, 0.3) is 5.91 Å². The van der Waals surface area contributed by atoms with Crippen LogP contribution in [0, 0.1) is 5.82 Å². The first kappa shape index (κ1) is 12.7. The fourth-order valence-corrected chi connectivity index (χ4v) is 1.38. The Balaban J connectivity index is 2.10. The maximum atomic E-state index is 12.7. The Hall–Kier alpha value is -2.76. The van der Waals surface area contributed by atoms with E-state index in [1.807, 2.05) is 0 Å². The summed E-state index contributed by atoms with van der Waals surface area (Å²) in [4.78, 5) is 26.2. The monoisotopic (exact) mass is 260 g/mol. The van der Waals surface area contributed by atoms with Gasteiger partial charge in [-0.25, -0.2) is 14.2 Å². The number of rotatable bonds is 3. The molecule has 0 bridgehead atoms. The Kier molecular flexibility index (Phi) is 3.51. The van der Waals surface area contributed by atoms with Crippen molar-refractivity contribution in [1.82, 2.24) is 4.98 Å². The molecule has 0 saturated carbocycles. The van der Waals surface area contributed by atoms with Gasteiger partial charge in [0, 0.05) is 11.8 Å². The molecule has 1 aromatic heterocycles. The molecule has 1 amide bonds. The van der Waals surface area contributed by atoms with Crippen molar-refractivity contribution in [1.29, 1.82) is 0 Å². The quantitative estimate of drug-likeness (QED) is 0.886. The highest BCUT2D eigenvalue weighted by Gasteiger charge is 2.08. The van der Waals surface area contributed by atoms with Crippen molar-refractivity contribution < 1.29 is 19.1 Å². The zero-order valence-corrected chi connectivity index (χ0v) is 9.63. The lowest BCUT2D eigenvalue weighted by Gasteiger charge is -2.04. The van der Waals surface area contributed by atoms with Gasteiger partial charge in [-0.3, -0.25) is 4.79 Å². The van der Waals surface area contributed by atoms with E-state index in [1.54, 1.807) is 0 Å². The maximum absolute atomic E-state index is 12.7. The Bertz CT molecular complexity index is 609. The summed E-state index contributed by atoms with van der Waals surface area (Å²) in [5, 5.41) is 11.2. The molecule has 2 N–H and O–H groups in total. The second kappa shape index (κ2) is 5.26. The number of hydrogen-bond donors (Lipinski definition) is 2. The summed E-state index contributed by atoms with van der Waals surface area (Å²) in [6, 6.07) is 7.75. The van der Waals surface area contributed by atoms with Crippen molar-refractivity contribution in [2.45, 2.75) is 0 Å². The number of carbonyl (C=O) groups is 2. The van der Waals surface area contributed by atoms with E-state index in [9.17, 15) is 14.0 Å². The minimum absolute atomic E-state index is 0.0276. The molecule has 1 heterocycles. The molecule has 0 aliphatic heterocycles. The number of carboxylic acids is 1. The van der Waals surface area contributed by atoms with Crippen molar-refractivity contribution in [2.24, 2.45) is 0 Å². The van der Waals surface area contributed by atoms with Crippen molar-refractivity contribution in [2.75, 3.05) is 5.32 Å². The predicted molar refractivity (Wildman–Crippen MR) is 65.5 cm³/mol. The Morgan fingerprint density at radius 3 is 2.21 bits per heavy atom. The van der Waals surface area contributed by atoms with E-state index < -0.39 is 17.7 Å². The van der Waals surface area contributed by atoms with E-state index in [0.717, 1.165) is 6.20 Å². The van der Waals surface area contributed by atoms with Gasteiger partial charge in [-0.1, -0.05) is 0 Å². The summed E-state index contributed by atoms with van der Waals surface area (Å²) < 4.78 is 12.7. The van der Waals surface area contributed by atoms with E-state index >= 15 is 0 Å². The number of hydrogen-bond acceptors (Lipinski definition) is 3. The fraction of sp³-hybridized carbons (Fsp3) is 0. The third-order valence-corrected chi connectivity index (χ3v) is 2.36. The Morgan fingerprint density at radius 2 is 1.68 bits per heavy atom. The molecule has 0 saturated heterocycles. The third-order valence-electron chi connectivity index (χ3n) is 2.36. The van der Waals surface area contributed by atoms with Gasteiger partial charge < -0.3 is 10.4 Å². The number of aromatic carboxylic acids is 1. The van der Waals surface area contributed by atoms with Crippen LogP contribution in [0.4, 0.5) is 10.2 Å². The maximum Gasteiger partial charge on any atom is 0.337 e. The molecule has 0 radical (unpaired) electrons. The van der Waals surface area contributed by atoms with Gasteiger partial charge in [0.15, 0.2) is 0 Å². The molecule has 1 aromatic carbocycles. The van der Waals surface area contributed by atoms with Crippen LogP contribution in [0.15, 0.2) is 42.6 Å². The minimum atomic E-state index is -1.09. The van der Waals surface area contributed by atoms with Crippen molar-refractivity contribution >= 4 is 17.7 Å². The number of pyridine rings is 1. The molecule has 0 fully saturated rings. The van der Waals surface area contributed by atoms with Gasteiger partial charge in [0.05, 0.1) is 5.56 Å². The van der Waals surface area contributed by atoms with Crippen LogP contribution in [0.25, 0.3) is 0 Å². The van der Waals surface area contributed by atoms with Gasteiger partial charge in [0.2, 0.25) is 0 Å². The molecular weight excluding hydrogens is 251 g/mol. The Labute approximate surface area is 107 Å². The lowest BCUT2D eigenvalue weighted by molar-refractivity contribution is 0.0696. The number of nitrogens with zero attached hydrogens (tertiary/aromatic N) is 1. The summed E-state index contributed by atoms with van der Waals surface area (Å²) >= 11 is 0. The number of amides is 1. The molecule has 19 heavy (non-hydrogen) atoms. The number of benzene rings is 1. The molecule has 0 unspecified atom stereocenters. The number of halogens is 1. The molecule has 0 spiro atoms. The molecule has 96 valence electrons. The van der Waals surface area contributed by atoms with Crippen LogP contribution in [0.5, 0.6) is 0 Å². The van der Waals surface area contributed by atoms with Crippen LogP contribution in [0.1, 0.15) is 20.7 Å². The highest BCUT2D eigenvalue weighted by atomic mass is 19.1. The summed E-state index contributed by atoms with van der Waals surface area (Å²) in [7, 11) is 0. The topological polar surface area (TPSA) is 79.3 Å². The van der Waals surface area contributed by atoms with E-state index in [2.05, 4.69) is 10.3 Å². The zero-order valence-electron chi connectivity index (χ0n) is 9.63. The third kappa shape index (κ3) is 3.12. The first-order valence-corrected chi connectivity index (χ1v) is 5.32. The van der Waals surface area contributed by atoms with Crippen molar-refractivity contribution in [3.05, 3.63) is 59.5 Å². The van der Waals surface area contributed by atoms with E-state index in [1.165, 1.54) is 36.4 Å². The molecule has 5 nitrogen and oxygen atoms in total. The van der Waals surface area contributed by atoms with Gasteiger partial charge >= 0.3 is 5.97 Å². The lowest BCUT2D eigenvalue weighted by atomic mass is 10.2. The fourth-order valence-electron chi connectivity index (χ4n) is 1.38. The van der Waals surface area contributed by atoms with Crippen LogP contribution in [-0.2, 0) is 0 Å². The molecule has 2 aromatic rings. The Morgan fingerprint density at radius 1 is 1.05 bits per heavy atom. The number of nitrogens with one attached hydrogen (secondary N) is 1. The predicted octanol–water partition coefficient (Wildman–Crippen LogP) is 2.17. The van der Waals surface area contributed by atoms with Crippen LogP contribution in [-0.4, -0.2) is 22.0 Å². The second-order valence-corrected chi connectivity index (χ2v) is 3.70. The van der Waals surface area contributed by atoms with Crippen LogP contribution in [0.2, 0.25) is 0 Å². The lowest BCUT2D eigenvalue weighted by Crippen LogP contribution is -2.13. The molecule has 6 heteroatoms. The summed E-state index contributed by atoms with van der Waals surface area (Å²) in [5.74, 6) is -1.75. The largest absolute Gasteiger partial charge is 0.478 e. The molecule has 2 rings (SSSR count). The van der Waals surface area contributed by atoms with E-state index in [0.29, 0.717) is 0 Å². The smallest absolute Gasteiger partial charge is 0.337 e. The molecular formula is C13H9FN2O3. The highest BCUT2D eigenvalue weighted by Crippen LogP contribution is 2.08. The summed E-state index contributed by atoms with van der Waals surface area (Å²) in [5.41, 5.74) is 0.310. The zero-order chi connectivity index (χ0) is 13.8. The van der Waals surface area contributed by atoms with E-state index in [-0.39, 0.29) is 16.9 Å². The van der Waals surface area contributed by atoms with Gasteiger partial charge in [-0.05, 0) is 36.4 Å². The summed E-state index contributed by atoms with van der Waals surface area (Å²) in [6.45, 7) is 0. The van der Waals surface area contributed by atoms with Gasteiger partial charge in [0.1, 0.15) is 11.6 Å². The summed E-state index contributed by atoms with van der Waals surface area (Å²) in [6.07, 6.45) is 1.14. The standard InChI is InChI=1S/C13H9FN2O3/c14-10-4-1-8(2-5-10)12(17)16-11-6-3-9(7-15-11)13(18)19/h1-7H,(H,18,19)(H,15,16,17). The van der Waals surface area contributed by atoms with Crippen molar-refractivity contribution in [3.8, 4) is 0 Å². The first-order chi connectivity index (χ1) is 9.06. The molecule has 0 aliphatic carbocycles. The minimum Gasteiger partial charge on any atom is -0.478 e. The average Bonchev–Trinajstić information content (AvgIpc) is 2.40. The van der Waals surface area contributed by atoms with Crippen molar-refractivity contribution in [3.63, 3.8) is 0 Å². The van der Waals surface area contributed by atoms with Crippen LogP contribution in [0.3, 0.4) is 0 Å². The van der Waals surface area contributed by atoms with Gasteiger partial charge in [-0.15, -0.1) is 0 Å². The number of carbonyl (C=O) groups excluding carboxylic acids is 1. The van der Waals surface area contributed by atoms with Gasteiger partial charge in [-0.2, -0.15) is 0 Å². The molecule has 0 aliphatic rings. The number of anilines is 1. The first-order valence-electron chi connectivity index (χ1n) is 5.32. The average molecular weight is 260 g/mol. The number of carboxylic acid groups (broad SMARTS) is 1. The second-order valence-electron chi connectivity index (χ2n) is 3.70. The van der Waals surface area contributed by atoms with Crippen LogP contribution < -0.4 is 5.32 Å². The van der Waals surface area contributed by atoms with Crippen LogP contribution >= 0.6 is 0 Å². The van der Waals surface area contributed by atoms with E-state index in [4.69, 9.17) is 5.11 Å². The normalized spacial score (nSPS) is 9.95. The molecule has 0 atom stereocenters. The number of aromatic nitrogens is 1. The SMILES string of the molecule is O=C(O)c1ccc(NC(=O)c2ccc(F)cc2)nc1. The highest BCUT2D eigenvalue weighted by molar-refractivity contribution is 6.03.